The number of hydrogen-bond acceptors (Lipinski definition) is 5. The molecule has 0 aromatic carbocycles. The van der Waals surface area contributed by atoms with Crippen LogP contribution in [-0.4, -0.2) is 9.97 Å². The van der Waals surface area contributed by atoms with E-state index >= 15 is 0 Å². The molecule has 0 bridgehead atoms. The number of hydrogen-bond donors (Lipinski definition) is 0. The number of nitrogens with zero attached hydrogens (tertiary/aromatic N) is 2. The smallest absolute Gasteiger partial charge is 0.142 e. The van der Waals surface area contributed by atoms with Crippen molar-refractivity contribution in [3.8, 4) is 0 Å². The average molecular weight is 297 g/mol. The third-order valence-electron chi connectivity index (χ3n) is 2.49. The molecule has 3 rings (SSSR count). The van der Waals surface area contributed by atoms with Gasteiger partial charge < -0.3 is 4.42 Å². The first-order valence-electron chi connectivity index (χ1n) is 5.30. The molecule has 0 aliphatic rings. The van der Waals surface area contributed by atoms with Gasteiger partial charge in [0.15, 0.2) is 0 Å². The van der Waals surface area contributed by atoms with Gasteiger partial charge in [-0.1, -0.05) is 11.6 Å². The van der Waals surface area contributed by atoms with Crippen LogP contribution in [0.5, 0.6) is 0 Å². The van der Waals surface area contributed by atoms with Crippen molar-refractivity contribution in [2.75, 3.05) is 0 Å². The number of aryl methyl sites for hydroxylation is 1. The zero-order valence-electron chi connectivity index (χ0n) is 9.51. The molecule has 0 unspecified atom stereocenters. The second kappa shape index (κ2) is 4.91. The number of thioether (sulfide) groups is 1. The fourth-order valence-electron chi connectivity index (χ4n) is 1.59. The SMILES string of the molecule is Cc1occc1SCc1nc(Cl)c2ccsc2n1. The lowest BCUT2D eigenvalue weighted by atomic mass is 10.4. The Morgan fingerprint density at radius 3 is 3.06 bits per heavy atom. The summed E-state index contributed by atoms with van der Waals surface area (Å²) in [5.41, 5.74) is 0. The third kappa shape index (κ3) is 2.25. The summed E-state index contributed by atoms with van der Waals surface area (Å²) in [6, 6.07) is 3.89. The second-order valence-corrected chi connectivity index (χ2v) is 5.97. The van der Waals surface area contributed by atoms with Crippen LogP contribution in [0.15, 0.2) is 33.1 Å². The summed E-state index contributed by atoms with van der Waals surface area (Å²) in [5.74, 6) is 2.36. The molecule has 6 heteroatoms. The van der Waals surface area contributed by atoms with Crippen LogP contribution in [0, 0.1) is 6.92 Å². The summed E-state index contributed by atoms with van der Waals surface area (Å²) >= 11 is 9.36. The minimum absolute atomic E-state index is 0.528. The Balaban J connectivity index is 1.84. The molecule has 3 nitrogen and oxygen atoms in total. The van der Waals surface area contributed by atoms with Gasteiger partial charge in [-0.25, -0.2) is 9.97 Å². The Labute approximate surface area is 117 Å². The van der Waals surface area contributed by atoms with Crippen LogP contribution < -0.4 is 0 Å². The van der Waals surface area contributed by atoms with E-state index in [9.17, 15) is 0 Å². The lowest BCUT2D eigenvalue weighted by Gasteiger charge is -2.01. The topological polar surface area (TPSA) is 38.9 Å². The fraction of sp³-hybridized carbons (Fsp3) is 0.167. The van der Waals surface area contributed by atoms with Gasteiger partial charge in [0.25, 0.3) is 0 Å². The van der Waals surface area contributed by atoms with E-state index in [1.54, 1.807) is 29.4 Å². The van der Waals surface area contributed by atoms with E-state index in [2.05, 4.69) is 9.97 Å². The van der Waals surface area contributed by atoms with Crippen LogP contribution in [0.3, 0.4) is 0 Å². The highest BCUT2D eigenvalue weighted by atomic mass is 35.5. The first-order valence-corrected chi connectivity index (χ1v) is 7.55. The third-order valence-corrected chi connectivity index (χ3v) is 4.72. The minimum atomic E-state index is 0.528. The van der Waals surface area contributed by atoms with Crippen molar-refractivity contribution in [2.24, 2.45) is 0 Å². The van der Waals surface area contributed by atoms with Crippen LogP contribution in [0.4, 0.5) is 0 Å². The molecule has 0 aliphatic heterocycles. The van der Waals surface area contributed by atoms with Crippen molar-refractivity contribution >= 4 is 44.9 Å². The Morgan fingerprint density at radius 2 is 2.28 bits per heavy atom. The molecule has 0 fully saturated rings. The monoisotopic (exact) mass is 296 g/mol. The normalized spacial score (nSPS) is 11.2. The Kier molecular flexibility index (Phi) is 3.28. The average Bonchev–Trinajstić information content (AvgIpc) is 2.95. The van der Waals surface area contributed by atoms with E-state index in [1.807, 2.05) is 24.4 Å². The first kappa shape index (κ1) is 12.0. The molecule has 18 heavy (non-hydrogen) atoms. The van der Waals surface area contributed by atoms with Gasteiger partial charge in [0.05, 0.1) is 12.0 Å². The van der Waals surface area contributed by atoms with Crippen LogP contribution >= 0.6 is 34.7 Å². The highest BCUT2D eigenvalue weighted by molar-refractivity contribution is 7.98. The van der Waals surface area contributed by atoms with Gasteiger partial charge in [-0.2, -0.15) is 0 Å². The summed E-state index contributed by atoms with van der Waals surface area (Å²) in [5, 5.41) is 3.43. The predicted molar refractivity (Wildman–Crippen MR) is 75.4 cm³/mol. The number of fused-ring (bicyclic) bond motifs is 1. The fourth-order valence-corrected chi connectivity index (χ4v) is 3.50. The zero-order chi connectivity index (χ0) is 12.5. The van der Waals surface area contributed by atoms with Gasteiger partial charge in [-0.15, -0.1) is 23.1 Å². The van der Waals surface area contributed by atoms with Gasteiger partial charge in [0, 0.05) is 10.3 Å². The van der Waals surface area contributed by atoms with Crippen LogP contribution in [0.1, 0.15) is 11.6 Å². The molecule has 0 radical (unpaired) electrons. The lowest BCUT2D eigenvalue weighted by molar-refractivity contribution is 0.527. The first-order chi connectivity index (χ1) is 8.74. The highest BCUT2D eigenvalue weighted by Crippen LogP contribution is 2.29. The molecule has 92 valence electrons. The van der Waals surface area contributed by atoms with Crippen molar-refractivity contribution in [1.29, 1.82) is 0 Å². The number of furan rings is 1. The van der Waals surface area contributed by atoms with Crippen molar-refractivity contribution in [1.82, 2.24) is 9.97 Å². The van der Waals surface area contributed by atoms with Crippen molar-refractivity contribution in [3.63, 3.8) is 0 Å². The molecule has 0 aliphatic carbocycles. The lowest BCUT2D eigenvalue weighted by Crippen LogP contribution is -1.92. The quantitative estimate of drug-likeness (QED) is 0.525. The molecule has 0 saturated carbocycles. The molecular formula is C12H9ClN2OS2. The predicted octanol–water partition coefficient (Wildman–Crippen LogP) is 4.54. The van der Waals surface area contributed by atoms with Gasteiger partial charge in [0.1, 0.15) is 21.6 Å². The maximum Gasteiger partial charge on any atom is 0.142 e. The van der Waals surface area contributed by atoms with Crippen LogP contribution in [0.2, 0.25) is 5.15 Å². The molecule has 3 aromatic rings. The van der Waals surface area contributed by atoms with E-state index in [-0.39, 0.29) is 0 Å². The molecule has 0 atom stereocenters. The van der Waals surface area contributed by atoms with E-state index in [0.29, 0.717) is 10.9 Å². The molecule has 0 amide bonds. The molecule has 0 spiro atoms. The van der Waals surface area contributed by atoms with Crippen molar-refractivity contribution in [3.05, 3.63) is 40.5 Å². The van der Waals surface area contributed by atoms with E-state index in [0.717, 1.165) is 26.7 Å². The maximum absolute atomic E-state index is 6.12. The highest BCUT2D eigenvalue weighted by Gasteiger charge is 2.09. The summed E-state index contributed by atoms with van der Waals surface area (Å²) in [6.07, 6.45) is 1.69. The molecule has 0 N–H and O–H groups in total. The summed E-state index contributed by atoms with van der Waals surface area (Å²) < 4.78 is 5.25. The number of halogens is 1. The molecule has 0 saturated heterocycles. The van der Waals surface area contributed by atoms with Crippen LogP contribution in [0.25, 0.3) is 10.2 Å². The van der Waals surface area contributed by atoms with Gasteiger partial charge in [0.2, 0.25) is 0 Å². The number of rotatable bonds is 3. The second-order valence-electron chi connectivity index (χ2n) is 3.70. The Bertz CT molecular complexity index is 692. The summed E-state index contributed by atoms with van der Waals surface area (Å²) in [7, 11) is 0. The summed E-state index contributed by atoms with van der Waals surface area (Å²) in [6.45, 7) is 1.94. The van der Waals surface area contributed by atoms with E-state index in [1.165, 1.54) is 0 Å². The van der Waals surface area contributed by atoms with Gasteiger partial charge >= 0.3 is 0 Å². The van der Waals surface area contributed by atoms with Gasteiger partial charge in [-0.05, 0) is 24.4 Å². The van der Waals surface area contributed by atoms with E-state index in [4.69, 9.17) is 16.0 Å². The zero-order valence-corrected chi connectivity index (χ0v) is 11.9. The maximum atomic E-state index is 6.12. The van der Waals surface area contributed by atoms with Crippen LogP contribution in [-0.2, 0) is 5.75 Å². The largest absolute Gasteiger partial charge is 0.468 e. The standard InChI is InChI=1S/C12H9ClN2OS2/c1-7-9(2-4-16-7)18-6-10-14-11(13)8-3-5-17-12(8)15-10/h2-5H,6H2,1H3. The molecule has 3 aromatic heterocycles. The number of thiophene rings is 1. The number of aromatic nitrogens is 2. The molecular weight excluding hydrogens is 288 g/mol. The minimum Gasteiger partial charge on any atom is -0.468 e. The molecule has 3 heterocycles. The van der Waals surface area contributed by atoms with Gasteiger partial charge in [-0.3, -0.25) is 0 Å². The Morgan fingerprint density at radius 1 is 1.39 bits per heavy atom. The Hall–Kier alpha value is -1.04. The van der Waals surface area contributed by atoms with E-state index < -0.39 is 0 Å². The summed E-state index contributed by atoms with van der Waals surface area (Å²) in [4.78, 5) is 10.9. The van der Waals surface area contributed by atoms with Crippen molar-refractivity contribution in [2.45, 2.75) is 17.6 Å². The van der Waals surface area contributed by atoms with Crippen molar-refractivity contribution < 1.29 is 4.42 Å².